The van der Waals surface area contributed by atoms with Crippen molar-refractivity contribution in [3.05, 3.63) is 23.8 Å². The van der Waals surface area contributed by atoms with Gasteiger partial charge in [0.2, 0.25) is 11.3 Å². The van der Waals surface area contributed by atoms with Gasteiger partial charge in [-0.05, 0) is 78.8 Å². The van der Waals surface area contributed by atoms with Crippen molar-refractivity contribution < 1.29 is 27.9 Å². The van der Waals surface area contributed by atoms with E-state index < -0.39 is 29.2 Å². The smallest absolute Gasteiger partial charge is 0.326 e. The van der Waals surface area contributed by atoms with E-state index in [1.807, 2.05) is 0 Å². The normalized spacial score (nSPS) is 18.2. The van der Waals surface area contributed by atoms with Gasteiger partial charge in [-0.3, -0.25) is 4.79 Å². The summed E-state index contributed by atoms with van der Waals surface area (Å²) in [6, 6.07) is 3.02. The molecule has 1 heterocycles. The van der Waals surface area contributed by atoms with Gasteiger partial charge in [0.1, 0.15) is 16.7 Å². The van der Waals surface area contributed by atoms with Gasteiger partial charge in [0, 0.05) is 12.1 Å². The number of carboxylic acids is 1. The van der Waals surface area contributed by atoms with Crippen LogP contribution < -0.4 is 4.74 Å². The molecule has 1 fully saturated rings. The maximum Gasteiger partial charge on any atom is 0.326 e. The molecule has 1 N–H and O–H groups in total. The molecule has 0 spiro atoms. The molecule has 1 aliphatic rings. The van der Waals surface area contributed by atoms with E-state index in [9.17, 15) is 23.1 Å². The predicted octanol–water partition coefficient (Wildman–Crippen LogP) is 2.95. The van der Waals surface area contributed by atoms with Gasteiger partial charge < -0.3 is 14.7 Å². The fourth-order valence-electron chi connectivity index (χ4n) is 2.58. The van der Waals surface area contributed by atoms with Crippen LogP contribution in [0, 0.1) is 0 Å². The molecule has 138 valence electrons. The zero-order valence-corrected chi connectivity index (χ0v) is 18.5. The highest BCUT2D eigenvalue weighted by molar-refractivity contribution is 9.42. The quantitative estimate of drug-likeness (QED) is 0.565. The van der Waals surface area contributed by atoms with Crippen molar-refractivity contribution in [2.24, 2.45) is 0 Å². The number of halogens is 3. The van der Waals surface area contributed by atoms with Crippen LogP contribution in [0.3, 0.4) is 0 Å². The Hall–Kier alpha value is -0.650. The number of ether oxygens (including phenoxy) is 1. The minimum atomic E-state index is -3.90. The topological polar surface area (TPSA) is 101 Å². The fraction of sp³-hybridized carbons (Fsp3) is 0.429. The predicted molar refractivity (Wildman–Crippen MR) is 101 cm³/mol. The van der Waals surface area contributed by atoms with E-state index in [2.05, 4.69) is 47.8 Å². The van der Waals surface area contributed by atoms with Crippen LogP contribution in [0.1, 0.15) is 23.2 Å². The number of amides is 1. The number of carbonyl (C=O) groups excluding carboxylic acids is 1. The third-order valence-corrected chi connectivity index (χ3v) is 9.17. The van der Waals surface area contributed by atoms with Gasteiger partial charge in [0.15, 0.2) is 0 Å². The summed E-state index contributed by atoms with van der Waals surface area (Å²) in [7, 11) is -2.61. The van der Waals surface area contributed by atoms with Crippen molar-refractivity contribution in [3.8, 4) is 5.75 Å². The number of rotatable bonds is 4. The summed E-state index contributed by atoms with van der Waals surface area (Å²) in [5.41, 5.74) is 0.160. The van der Waals surface area contributed by atoms with E-state index in [1.165, 1.54) is 30.2 Å². The maximum atomic E-state index is 12.6. The summed E-state index contributed by atoms with van der Waals surface area (Å²) in [5.74, 6) is -1.55. The summed E-state index contributed by atoms with van der Waals surface area (Å²) in [5, 5.41) is 9.21. The summed E-state index contributed by atoms with van der Waals surface area (Å²) in [6.45, 7) is 0.339. The number of hydrogen-bond donors (Lipinski definition) is 1. The largest absolute Gasteiger partial charge is 0.495 e. The Balaban J connectivity index is 2.43. The minimum Gasteiger partial charge on any atom is -0.495 e. The van der Waals surface area contributed by atoms with Crippen molar-refractivity contribution in [2.45, 2.75) is 25.3 Å². The van der Waals surface area contributed by atoms with Gasteiger partial charge in [0.25, 0.3) is 5.91 Å². The molecule has 0 aliphatic carbocycles. The summed E-state index contributed by atoms with van der Waals surface area (Å²) >= 11 is 8.92. The standard InChI is InChI=1S/C14H14Br3NO6S/c1-24-10-7-8(4-5-11(10)25(22,23)14(15,16)17)12(19)18-6-2-3-9(18)13(20)21/h4-5,7,9H,2-3,6H2,1H3,(H,20,21). The van der Waals surface area contributed by atoms with E-state index in [-0.39, 0.29) is 16.2 Å². The SMILES string of the molecule is COc1cc(C(=O)N2CCCC2C(=O)O)ccc1S(=O)(=O)C(Br)(Br)Br. The Morgan fingerprint density at radius 2 is 1.96 bits per heavy atom. The molecule has 11 heteroatoms. The zero-order chi connectivity index (χ0) is 19.0. The molecule has 1 atom stereocenters. The monoisotopic (exact) mass is 561 g/mol. The Morgan fingerprint density at radius 1 is 1.32 bits per heavy atom. The van der Waals surface area contributed by atoms with Crippen LogP contribution in [0.15, 0.2) is 23.1 Å². The second-order valence-corrected chi connectivity index (χ2v) is 15.7. The lowest BCUT2D eigenvalue weighted by atomic mass is 10.1. The number of carbonyl (C=O) groups is 2. The van der Waals surface area contributed by atoms with Crippen LogP contribution in [0.2, 0.25) is 0 Å². The van der Waals surface area contributed by atoms with E-state index in [0.29, 0.717) is 19.4 Å². The van der Waals surface area contributed by atoms with E-state index in [4.69, 9.17) is 4.74 Å². The first kappa shape index (κ1) is 20.7. The molecule has 0 bridgehead atoms. The van der Waals surface area contributed by atoms with Crippen LogP contribution >= 0.6 is 47.8 Å². The molecule has 1 saturated heterocycles. The van der Waals surface area contributed by atoms with Gasteiger partial charge in [-0.2, -0.15) is 0 Å². The highest BCUT2D eigenvalue weighted by atomic mass is 80.0. The zero-order valence-electron chi connectivity index (χ0n) is 12.9. The van der Waals surface area contributed by atoms with Crippen molar-refractivity contribution in [2.75, 3.05) is 13.7 Å². The lowest BCUT2D eigenvalue weighted by Gasteiger charge is -2.22. The number of benzene rings is 1. The number of nitrogens with zero attached hydrogens (tertiary/aromatic N) is 1. The van der Waals surface area contributed by atoms with Crippen molar-refractivity contribution in [1.82, 2.24) is 4.90 Å². The average molecular weight is 564 g/mol. The molecule has 1 unspecified atom stereocenters. The van der Waals surface area contributed by atoms with E-state index >= 15 is 0 Å². The molecule has 1 amide bonds. The highest BCUT2D eigenvalue weighted by Crippen LogP contribution is 2.45. The Morgan fingerprint density at radius 3 is 2.48 bits per heavy atom. The molecule has 1 aliphatic heterocycles. The van der Waals surface area contributed by atoms with Gasteiger partial charge in [-0.25, -0.2) is 13.2 Å². The van der Waals surface area contributed by atoms with Gasteiger partial charge in [-0.15, -0.1) is 0 Å². The minimum absolute atomic E-state index is 0.0142. The van der Waals surface area contributed by atoms with Crippen LogP contribution in [0.5, 0.6) is 5.75 Å². The lowest BCUT2D eigenvalue weighted by Crippen LogP contribution is -2.40. The van der Waals surface area contributed by atoms with Crippen molar-refractivity contribution in [1.29, 1.82) is 0 Å². The number of methoxy groups -OCH3 is 1. The van der Waals surface area contributed by atoms with E-state index in [0.717, 1.165) is 0 Å². The molecule has 0 radical (unpaired) electrons. The number of sulfone groups is 1. The number of alkyl halides is 3. The molecule has 2 rings (SSSR count). The maximum absolute atomic E-state index is 12.6. The van der Waals surface area contributed by atoms with Gasteiger partial charge in [-0.1, -0.05) is 0 Å². The van der Waals surface area contributed by atoms with Gasteiger partial charge >= 0.3 is 5.97 Å². The van der Waals surface area contributed by atoms with Crippen LogP contribution in [-0.2, 0) is 14.6 Å². The summed E-state index contributed by atoms with van der Waals surface area (Å²) in [6.07, 6.45) is 0.996. The van der Waals surface area contributed by atoms with Gasteiger partial charge in [0.05, 0.1) is 7.11 Å². The summed E-state index contributed by atoms with van der Waals surface area (Å²) < 4.78 is 28.6. The second-order valence-electron chi connectivity index (χ2n) is 5.31. The Kier molecular flexibility index (Phi) is 6.22. The first-order valence-corrected chi connectivity index (χ1v) is 10.9. The first-order chi connectivity index (χ1) is 11.5. The van der Waals surface area contributed by atoms with Crippen molar-refractivity contribution >= 4 is 69.5 Å². The number of aliphatic carboxylic acids is 1. The third kappa shape index (κ3) is 4.04. The van der Waals surface area contributed by atoms with Crippen LogP contribution in [0.4, 0.5) is 0 Å². The molecular weight excluding hydrogens is 550 g/mol. The highest BCUT2D eigenvalue weighted by Gasteiger charge is 2.40. The third-order valence-electron chi connectivity index (χ3n) is 3.80. The van der Waals surface area contributed by atoms with Crippen molar-refractivity contribution in [3.63, 3.8) is 0 Å². The Labute approximate surface area is 170 Å². The lowest BCUT2D eigenvalue weighted by molar-refractivity contribution is -0.141. The van der Waals surface area contributed by atoms with Crippen LogP contribution in [-0.4, -0.2) is 51.5 Å². The molecule has 25 heavy (non-hydrogen) atoms. The average Bonchev–Trinajstić information content (AvgIpc) is 3.02. The molecule has 0 saturated carbocycles. The summed E-state index contributed by atoms with van der Waals surface area (Å²) in [4.78, 5) is 25.0. The number of carboxylic acid groups (broad SMARTS) is 1. The number of likely N-dealkylation sites (tertiary alicyclic amines) is 1. The molecule has 1 aromatic rings. The number of hydrogen-bond acceptors (Lipinski definition) is 5. The molecule has 1 aromatic carbocycles. The van der Waals surface area contributed by atoms with E-state index in [1.54, 1.807) is 0 Å². The second kappa shape index (κ2) is 7.53. The van der Waals surface area contributed by atoms with Crippen LogP contribution in [0.25, 0.3) is 0 Å². The molecular formula is C14H14Br3NO6S. The molecule has 7 nitrogen and oxygen atoms in total. The molecule has 0 aromatic heterocycles. The fourth-order valence-corrected chi connectivity index (χ4v) is 5.05. The Bertz CT molecular complexity index is 805. The first-order valence-electron chi connectivity index (χ1n) is 7.04.